The molecular formula is C47H62N8O6. The van der Waals surface area contributed by atoms with Crippen molar-refractivity contribution in [2.45, 2.75) is 111 Å². The van der Waals surface area contributed by atoms with Gasteiger partial charge in [0, 0.05) is 30.4 Å². The topological polar surface area (TPSA) is 175 Å². The number of methoxy groups -OCH3 is 2. The summed E-state index contributed by atoms with van der Waals surface area (Å²) in [5.74, 6) is 1.65. The van der Waals surface area contributed by atoms with E-state index in [9.17, 15) is 19.2 Å². The van der Waals surface area contributed by atoms with E-state index in [1.54, 1.807) is 11.8 Å². The average Bonchev–Trinajstić information content (AvgIpc) is 3.81. The van der Waals surface area contributed by atoms with Crippen LogP contribution in [0.4, 0.5) is 9.59 Å². The van der Waals surface area contributed by atoms with Crippen LogP contribution in [0, 0.1) is 11.3 Å². The highest BCUT2D eigenvalue weighted by Gasteiger charge is 2.50. The summed E-state index contributed by atoms with van der Waals surface area (Å²) >= 11 is 0. The van der Waals surface area contributed by atoms with Crippen LogP contribution in [0.1, 0.15) is 109 Å². The normalized spacial score (nSPS) is 20.6. The van der Waals surface area contributed by atoms with Crippen LogP contribution in [0.25, 0.3) is 34.5 Å². The van der Waals surface area contributed by atoms with Gasteiger partial charge in [-0.2, -0.15) is 0 Å². The Balaban J connectivity index is 0.00000151. The van der Waals surface area contributed by atoms with E-state index in [4.69, 9.17) is 9.72 Å². The first-order chi connectivity index (χ1) is 28.9. The van der Waals surface area contributed by atoms with E-state index in [-0.39, 0.29) is 49.2 Å². The number of likely N-dealkylation sites (tertiary alicyclic amines) is 1. The molecule has 1 aliphatic heterocycles. The third-order valence-electron chi connectivity index (χ3n) is 12.2. The van der Waals surface area contributed by atoms with Gasteiger partial charge < -0.3 is 39.9 Å². The summed E-state index contributed by atoms with van der Waals surface area (Å²) in [6, 6.07) is 14.2. The SMILES string of the molecule is C.CCC.COC(=O)NCC(=O)N(Cc1ncc(C2C=c3ccc(-c4ccc(-c5cnc(C6[C@H]7CC[C@H](C7)N6C(=O)[C@H](C)NC(=O)OC)[nH]5)cc4)cc3=CC2)[nH]1)CC1(C)CC1. The summed E-state index contributed by atoms with van der Waals surface area (Å²) in [6.45, 7) is 8.94. The summed E-state index contributed by atoms with van der Waals surface area (Å²) in [7, 11) is 2.57. The van der Waals surface area contributed by atoms with Crippen molar-refractivity contribution >= 4 is 36.2 Å². The maximum absolute atomic E-state index is 13.5. The number of piperidine rings is 1. The molecule has 61 heavy (non-hydrogen) atoms. The molecule has 2 unspecified atom stereocenters. The number of imidazole rings is 2. The molecule has 14 heteroatoms. The molecule has 1 saturated heterocycles. The predicted octanol–water partition coefficient (Wildman–Crippen LogP) is 6.55. The predicted molar refractivity (Wildman–Crippen MR) is 235 cm³/mol. The molecule has 2 aromatic heterocycles. The number of nitrogens with one attached hydrogen (secondary N) is 4. The molecule has 3 heterocycles. The van der Waals surface area contributed by atoms with Crippen molar-refractivity contribution in [2.75, 3.05) is 27.3 Å². The third-order valence-corrected chi connectivity index (χ3v) is 12.2. The highest BCUT2D eigenvalue weighted by Crippen LogP contribution is 2.50. The van der Waals surface area contributed by atoms with Gasteiger partial charge in [-0.25, -0.2) is 19.6 Å². The lowest BCUT2D eigenvalue weighted by molar-refractivity contribution is -0.137. The molecule has 3 fully saturated rings. The number of H-pyrrole nitrogens is 2. The summed E-state index contributed by atoms with van der Waals surface area (Å²) in [5.41, 5.74) is 5.22. The van der Waals surface area contributed by atoms with Crippen LogP contribution >= 0.6 is 0 Å². The lowest BCUT2D eigenvalue weighted by atomic mass is 9.93. The Kier molecular flexibility index (Phi) is 14.0. The van der Waals surface area contributed by atoms with E-state index in [1.807, 2.05) is 17.3 Å². The number of aromatic nitrogens is 4. The van der Waals surface area contributed by atoms with E-state index >= 15 is 0 Å². The van der Waals surface area contributed by atoms with Crippen LogP contribution in [-0.4, -0.2) is 93.1 Å². The van der Waals surface area contributed by atoms with Gasteiger partial charge in [0.15, 0.2) is 0 Å². The van der Waals surface area contributed by atoms with Gasteiger partial charge in [0.1, 0.15) is 24.2 Å². The molecule has 8 rings (SSSR count). The minimum absolute atomic E-state index is 0. The quantitative estimate of drug-likeness (QED) is 0.124. The first-order valence-corrected chi connectivity index (χ1v) is 21.2. The number of rotatable bonds is 12. The monoisotopic (exact) mass is 834 g/mol. The maximum atomic E-state index is 13.5. The van der Waals surface area contributed by atoms with E-state index < -0.39 is 18.2 Å². The van der Waals surface area contributed by atoms with Gasteiger partial charge in [0.2, 0.25) is 11.8 Å². The minimum atomic E-state index is -0.696. The van der Waals surface area contributed by atoms with Crippen LogP contribution in [0.15, 0.2) is 54.9 Å². The lowest BCUT2D eigenvalue weighted by Crippen LogP contribution is -2.50. The van der Waals surface area contributed by atoms with E-state index in [0.29, 0.717) is 24.8 Å². The fraction of sp³-hybridized carbons (Fsp3) is 0.489. The highest BCUT2D eigenvalue weighted by atomic mass is 16.5. The largest absolute Gasteiger partial charge is 0.453 e. The molecule has 4 amide bonds. The van der Waals surface area contributed by atoms with Crippen molar-refractivity contribution in [1.29, 1.82) is 0 Å². The number of amides is 4. The van der Waals surface area contributed by atoms with Crippen LogP contribution < -0.4 is 21.1 Å². The van der Waals surface area contributed by atoms with Crippen molar-refractivity contribution in [1.82, 2.24) is 40.4 Å². The van der Waals surface area contributed by atoms with Gasteiger partial charge in [-0.1, -0.05) is 83.2 Å². The molecule has 2 bridgehead atoms. The Morgan fingerprint density at radius 3 is 2.34 bits per heavy atom. The second-order valence-electron chi connectivity index (χ2n) is 17.0. The Hall–Kier alpha value is -5.92. The van der Waals surface area contributed by atoms with Crippen molar-refractivity contribution in [2.24, 2.45) is 11.3 Å². The standard InChI is InChI=1S/C43H50N8O6.C3H8.CH4/c1-25(47-42(55)57-4)40(53)51-33-14-13-32(19-33)38(51)39-45-21-34(49-39)27-7-5-26(6-8-27)28-9-10-30-18-31(12-11-29(30)17-28)35-20-44-36(48-35)23-50(24-43(2)15-16-43)37(52)22-46-41(54)56-3;1-3-2;/h5-11,17-18,20-21,25,31-33,38H,12-16,19,22-24H2,1-4H3,(H,44,48)(H,45,49)(H,46,54)(H,47,55);3H2,1-2H3;1H4/t25-,31?,32-,33+,38?;;/m0../s1. The molecule has 0 radical (unpaired) electrons. The van der Waals surface area contributed by atoms with Gasteiger partial charge in [-0.3, -0.25) is 9.59 Å². The van der Waals surface area contributed by atoms with Gasteiger partial charge in [0.25, 0.3) is 0 Å². The molecule has 3 aliphatic carbocycles. The number of fused-ring (bicyclic) bond motifs is 3. The van der Waals surface area contributed by atoms with Crippen molar-refractivity contribution in [3.63, 3.8) is 0 Å². The number of hydrogen-bond acceptors (Lipinski definition) is 8. The number of carbonyl (C=O) groups is 4. The molecule has 326 valence electrons. The van der Waals surface area contributed by atoms with Crippen LogP contribution in [0.3, 0.4) is 0 Å². The Morgan fingerprint density at radius 2 is 1.64 bits per heavy atom. The zero-order chi connectivity index (χ0) is 42.6. The fourth-order valence-electron chi connectivity index (χ4n) is 8.72. The Morgan fingerprint density at radius 1 is 0.934 bits per heavy atom. The van der Waals surface area contributed by atoms with Gasteiger partial charge in [0.05, 0.1) is 38.7 Å². The zero-order valence-corrected chi connectivity index (χ0v) is 35.5. The van der Waals surface area contributed by atoms with E-state index in [0.717, 1.165) is 77.6 Å². The number of alkyl carbamates (subject to hydrolysis) is 2. The molecule has 14 nitrogen and oxygen atoms in total. The molecule has 2 saturated carbocycles. The number of carbonyl (C=O) groups excluding carboxylic acids is 4. The zero-order valence-electron chi connectivity index (χ0n) is 35.5. The summed E-state index contributed by atoms with van der Waals surface area (Å²) in [4.78, 5) is 70.0. The van der Waals surface area contributed by atoms with Crippen LogP contribution in [0.2, 0.25) is 0 Å². The number of aromatic amines is 2. The van der Waals surface area contributed by atoms with E-state index in [1.165, 1.54) is 25.9 Å². The van der Waals surface area contributed by atoms with Crippen LogP contribution in [0.5, 0.6) is 0 Å². The highest BCUT2D eigenvalue weighted by molar-refractivity contribution is 5.86. The van der Waals surface area contributed by atoms with Gasteiger partial charge in [-0.15, -0.1) is 0 Å². The summed E-state index contributed by atoms with van der Waals surface area (Å²) in [6.07, 6.45) is 14.1. The first-order valence-electron chi connectivity index (χ1n) is 21.2. The minimum Gasteiger partial charge on any atom is -0.453 e. The molecular weight excluding hydrogens is 773 g/mol. The summed E-state index contributed by atoms with van der Waals surface area (Å²) < 4.78 is 9.34. The van der Waals surface area contributed by atoms with Crippen molar-refractivity contribution in [3.05, 3.63) is 82.6 Å². The fourth-order valence-corrected chi connectivity index (χ4v) is 8.72. The number of benzene rings is 2. The molecule has 4 aliphatic rings. The molecule has 0 spiro atoms. The number of nitrogens with zero attached hydrogens (tertiary/aromatic N) is 4. The second-order valence-corrected chi connectivity index (χ2v) is 17.0. The third kappa shape index (κ3) is 10.2. The average molecular weight is 835 g/mol. The first kappa shape index (κ1) is 44.6. The smallest absolute Gasteiger partial charge is 0.407 e. The lowest BCUT2D eigenvalue weighted by Gasteiger charge is -2.36. The number of hydrogen-bond donors (Lipinski definition) is 4. The Labute approximate surface area is 358 Å². The maximum Gasteiger partial charge on any atom is 0.407 e. The summed E-state index contributed by atoms with van der Waals surface area (Å²) in [5, 5.41) is 7.46. The molecule has 4 N–H and O–H groups in total. The van der Waals surface area contributed by atoms with Gasteiger partial charge >= 0.3 is 12.2 Å². The second kappa shape index (κ2) is 19.2. The van der Waals surface area contributed by atoms with Gasteiger partial charge in [-0.05, 0) is 90.0 Å². The Bertz CT molecular complexity index is 2310. The van der Waals surface area contributed by atoms with E-state index in [2.05, 4.69) is 106 Å². The van der Waals surface area contributed by atoms with Crippen molar-refractivity contribution < 1.29 is 28.7 Å². The molecule has 2 aromatic carbocycles. The molecule has 4 aromatic rings. The molecule has 5 atom stereocenters. The van der Waals surface area contributed by atoms with Crippen LogP contribution in [-0.2, 0) is 25.6 Å². The number of ether oxygens (including phenoxy) is 2. The van der Waals surface area contributed by atoms with Crippen molar-refractivity contribution in [3.8, 4) is 22.4 Å².